The SMILES string of the molecule is [B]NCCOCC(O)c1ccccc1. The van der Waals surface area contributed by atoms with Gasteiger partial charge in [0.25, 0.3) is 0 Å². The number of aliphatic hydroxyl groups excluding tert-OH is 1. The molecule has 4 heteroatoms. The van der Waals surface area contributed by atoms with Gasteiger partial charge in [0.05, 0.1) is 13.2 Å². The second kappa shape index (κ2) is 6.59. The van der Waals surface area contributed by atoms with E-state index in [0.717, 1.165) is 5.56 Å². The molecule has 1 aromatic carbocycles. The highest BCUT2D eigenvalue weighted by Gasteiger charge is 2.05. The molecule has 14 heavy (non-hydrogen) atoms. The molecule has 74 valence electrons. The molecular weight excluding hydrogens is 177 g/mol. The number of hydrogen-bond donors (Lipinski definition) is 2. The third-order valence-corrected chi connectivity index (χ3v) is 1.85. The van der Waals surface area contributed by atoms with Crippen molar-refractivity contribution in [2.24, 2.45) is 0 Å². The highest BCUT2D eigenvalue weighted by molar-refractivity contribution is 6.04. The molecular formula is C10H14BNO2. The van der Waals surface area contributed by atoms with E-state index in [1.165, 1.54) is 0 Å². The van der Waals surface area contributed by atoms with E-state index < -0.39 is 6.10 Å². The third kappa shape index (κ3) is 3.92. The summed E-state index contributed by atoms with van der Waals surface area (Å²) in [5.41, 5.74) is 0.869. The molecule has 2 N–H and O–H groups in total. The van der Waals surface area contributed by atoms with Crippen molar-refractivity contribution in [1.82, 2.24) is 5.23 Å². The van der Waals surface area contributed by atoms with Crippen LogP contribution in [-0.4, -0.2) is 32.8 Å². The van der Waals surface area contributed by atoms with E-state index in [2.05, 4.69) is 5.23 Å². The summed E-state index contributed by atoms with van der Waals surface area (Å²) in [6.45, 7) is 1.38. The fraction of sp³-hybridized carbons (Fsp3) is 0.400. The van der Waals surface area contributed by atoms with Crippen LogP contribution in [0.4, 0.5) is 0 Å². The lowest BCUT2D eigenvalue weighted by molar-refractivity contribution is 0.0387. The predicted molar refractivity (Wildman–Crippen MR) is 56.0 cm³/mol. The largest absolute Gasteiger partial charge is 0.386 e. The first-order valence-corrected chi connectivity index (χ1v) is 4.59. The Morgan fingerprint density at radius 2 is 2.07 bits per heavy atom. The van der Waals surface area contributed by atoms with Crippen LogP contribution in [-0.2, 0) is 4.74 Å². The standard InChI is InChI=1S/C10H14BNO2/c11-12-6-7-14-8-10(13)9-4-2-1-3-5-9/h1-5,10,12-13H,6-8H2. The summed E-state index contributed by atoms with van der Waals surface area (Å²) >= 11 is 0. The minimum atomic E-state index is -0.561. The summed E-state index contributed by atoms with van der Waals surface area (Å²) in [6.07, 6.45) is -0.561. The lowest BCUT2D eigenvalue weighted by Crippen LogP contribution is -2.18. The van der Waals surface area contributed by atoms with Crippen LogP contribution in [0.5, 0.6) is 0 Å². The Balaban J connectivity index is 2.25. The fourth-order valence-corrected chi connectivity index (χ4v) is 1.10. The predicted octanol–water partition coefficient (Wildman–Crippen LogP) is 0.410. The summed E-state index contributed by atoms with van der Waals surface area (Å²) in [5, 5.41) is 12.1. The van der Waals surface area contributed by atoms with Crippen molar-refractivity contribution in [2.75, 3.05) is 19.8 Å². The number of benzene rings is 1. The molecule has 1 unspecified atom stereocenters. The van der Waals surface area contributed by atoms with Crippen LogP contribution < -0.4 is 5.23 Å². The van der Waals surface area contributed by atoms with E-state index in [1.807, 2.05) is 30.3 Å². The molecule has 2 radical (unpaired) electrons. The van der Waals surface area contributed by atoms with Gasteiger partial charge in [-0.05, 0) is 5.56 Å². The molecule has 0 amide bonds. The maximum absolute atomic E-state index is 9.64. The van der Waals surface area contributed by atoms with Gasteiger partial charge in [0.1, 0.15) is 6.10 Å². The minimum Gasteiger partial charge on any atom is -0.386 e. The molecule has 0 bridgehead atoms. The zero-order valence-electron chi connectivity index (χ0n) is 8.02. The first kappa shape index (κ1) is 11.2. The maximum atomic E-state index is 9.64. The van der Waals surface area contributed by atoms with E-state index in [-0.39, 0.29) is 0 Å². The molecule has 1 aromatic rings. The van der Waals surface area contributed by atoms with E-state index in [9.17, 15) is 5.11 Å². The average Bonchev–Trinajstić information content (AvgIpc) is 2.25. The Morgan fingerprint density at radius 3 is 2.71 bits per heavy atom. The van der Waals surface area contributed by atoms with Gasteiger partial charge in [0.2, 0.25) is 0 Å². The van der Waals surface area contributed by atoms with E-state index in [0.29, 0.717) is 19.8 Å². The van der Waals surface area contributed by atoms with Gasteiger partial charge < -0.3 is 15.1 Å². The summed E-state index contributed by atoms with van der Waals surface area (Å²) in [5.74, 6) is 0. The molecule has 0 heterocycles. The molecule has 1 atom stereocenters. The topological polar surface area (TPSA) is 41.5 Å². The average molecular weight is 191 g/mol. The van der Waals surface area contributed by atoms with Gasteiger partial charge in [-0.2, -0.15) is 0 Å². The molecule has 0 aromatic heterocycles. The maximum Gasteiger partial charge on any atom is 0.177 e. The summed E-state index contributed by atoms with van der Waals surface area (Å²) < 4.78 is 5.20. The van der Waals surface area contributed by atoms with Crippen molar-refractivity contribution in [3.63, 3.8) is 0 Å². The van der Waals surface area contributed by atoms with Crippen molar-refractivity contribution >= 4 is 7.98 Å². The molecule has 0 saturated heterocycles. The first-order valence-electron chi connectivity index (χ1n) is 4.59. The van der Waals surface area contributed by atoms with Crippen LogP contribution in [0.1, 0.15) is 11.7 Å². The molecule has 0 aliphatic carbocycles. The smallest absolute Gasteiger partial charge is 0.177 e. The highest BCUT2D eigenvalue weighted by atomic mass is 16.5. The van der Waals surface area contributed by atoms with Crippen LogP contribution in [0.2, 0.25) is 0 Å². The number of hydrogen-bond acceptors (Lipinski definition) is 3. The van der Waals surface area contributed by atoms with E-state index >= 15 is 0 Å². The van der Waals surface area contributed by atoms with Crippen molar-refractivity contribution in [3.05, 3.63) is 35.9 Å². The molecule has 0 aliphatic rings. The fourth-order valence-electron chi connectivity index (χ4n) is 1.10. The van der Waals surface area contributed by atoms with Crippen molar-refractivity contribution in [2.45, 2.75) is 6.10 Å². The second-order valence-corrected chi connectivity index (χ2v) is 2.96. The Labute approximate surface area is 85.5 Å². The summed E-state index contributed by atoms with van der Waals surface area (Å²) in [6, 6.07) is 9.43. The number of ether oxygens (including phenoxy) is 1. The molecule has 0 fully saturated rings. The van der Waals surface area contributed by atoms with Gasteiger partial charge in [-0.3, -0.25) is 0 Å². The zero-order chi connectivity index (χ0) is 10.2. The zero-order valence-corrected chi connectivity index (χ0v) is 8.02. The van der Waals surface area contributed by atoms with Crippen LogP contribution in [0.25, 0.3) is 0 Å². The lowest BCUT2D eigenvalue weighted by Gasteiger charge is -2.11. The van der Waals surface area contributed by atoms with E-state index in [1.54, 1.807) is 0 Å². The van der Waals surface area contributed by atoms with Gasteiger partial charge >= 0.3 is 0 Å². The number of nitrogens with one attached hydrogen (secondary N) is 1. The third-order valence-electron chi connectivity index (χ3n) is 1.85. The number of rotatable bonds is 6. The van der Waals surface area contributed by atoms with Gasteiger partial charge in [0.15, 0.2) is 7.98 Å². The van der Waals surface area contributed by atoms with Gasteiger partial charge in [0, 0.05) is 6.54 Å². The van der Waals surface area contributed by atoms with Crippen molar-refractivity contribution < 1.29 is 9.84 Å². The van der Waals surface area contributed by atoms with Gasteiger partial charge in [-0.15, -0.1) is 0 Å². The van der Waals surface area contributed by atoms with Crippen LogP contribution in [0, 0.1) is 0 Å². The van der Waals surface area contributed by atoms with E-state index in [4.69, 9.17) is 12.7 Å². The minimum absolute atomic E-state index is 0.297. The Hall–Kier alpha value is -0.835. The van der Waals surface area contributed by atoms with Crippen LogP contribution in [0.3, 0.4) is 0 Å². The summed E-state index contributed by atoms with van der Waals surface area (Å²) in [7, 11) is 5.06. The molecule has 0 aliphatic heterocycles. The van der Waals surface area contributed by atoms with Crippen LogP contribution >= 0.6 is 0 Å². The number of aliphatic hydroxyl groups is 1. The Kier molecular flexibility index (Phi) is 5.29. The quantitative estimate of drug-likeness (QED) is 0.505. The van der Waals surface area contributed by atoms with Gasteiger partial charge in [-0.1, -0.05) is 30.3 Å². The molecule has 0 spiro atoms. The molecule has 3 nitrogen and oxygen atoms in total. The second-order valence-electron chi connectivity index (χ2n) is 2.96. The Bertz CT molecular complexity index is 243. The normalized spacial score (nSPS) is 12.6. The summed E-state index contributed by atoms with van der Waals surface area (Å²) in [4.78, 5) is 0. The molecule has 1 rings (SSSR count). The van der Waals surface area contributed by atoms with Crippen LogP contribution in [0.15, 0.2) is 30.3 Å². The molecule has 0 saturated carbocycles. The van der Waals surface area contributed by atoms with Gasteiger partial charge in [-0.25, -0.2) is 0 Å². The highest BCUT2D eigenvalue weighted by Crippen LogP contribution is 2.11. The Morgan fingerprint density at radius 1 is 1.36 bits per heavy atom. The van der Waals surface area contributed by atoms with Crippen molar-refractivity contribution in [3.8, 4) is 0 Å². The van der Waals surface area contributed by atoms with Crippen molar-refractivity contribution in [1.29, 1.82) is 0 Å². The monoisotopic (exact) mass is 191 g/mol. The lowest BCUT2D eigenvalue weighted by atomic mass is 10.1. The first-order chi connectivity index (χ1) is 6.84.